The van der Waals surface area contributed by atoms with Gasteiger partial charge in [-0.25, -0.2) is 0 Å². The topological polar surface area (TPSA) is 69.5 Å². The van der Waals surface area contributed by atoms with Crippen molar-refractivity contribution in [2.75, 3.05) is 32.9 Å². The highest BCUT2D eigenvalue weighted by atomic mass is 16.5. The Morgan fingerprint density at radius 1 is 1.38 bits per heavy atom. The van der Waals surface area contributed by atoms with E-state index in [-0.39, 0.29) is 18.6 Å². The van der Waals surface area contributed by atoms with E-state index in [2.05, 4.69) is 22.3 Å². The molecule has 1 unspecified atom stereocenters. The molecule has 1 aliphatic heterocycles. The molecule has 3 rings (SSSR count). The lowest BCUT2D eigenvalue weighted by Gasteiger charge is -2.32. The van der Waals surface area contributed by atoms with Crippen molar-refractivity contribution in [1.82, 2.24) is 19.7 Å². The first kappa shape index (κ1) is 16.6. The van der Waals surface area contributed by atoms with Crippen LogP contribution in [0.1, 0.15) is 17.5 Å². The van der Waals surface area contributed by atoms with E-state index in [4.69, 9.17) is 9.47 Å². The van der Waals surface area contributed by atoms with Gasteiger partial charge in [0, 0.05) is 13.6 Å². The van der Waals surface area contributed by atoms with E-state index in [1.165, 1.54) is 5.56 Å². The Labute approximate surface area is 141 Å². The smallest absolute Gasteiger partial charge is 0.248 e. The summed E-state index contributed by atoms with van der Waals surface area (Å²) >= 11 is 0. The van der Waals surface area contributed by atoms with Crippen LogP contribution in [0.15, 0.2) is 36.7 Å². The number of nitrogens with zero attached hydrogens (tertiary/aromatic N) is 4. The molecule has 0 radical (unpaired) electrons. The number of aryl methyl sites for hydroxylation is 1. The van der Waals surface area contributed by atoms with Crippen LogP contribution in [-0.4, -0.2) is 58.5 Å². The van der Waals surface area contributed by atoms with Gasteiger partial charge in [-0.1, -0.05) is 30.3 Å². The van der Waals surface area contributed by atoms with E-state index in [0.717, 1.165) is 12.2 Å². The van der Waals surface area contributed by atoms with Gasteiger partial charge in [-0.05, 0) is 12.0 Å². The van der Waals surface area contributed by atoms with Gasteiger partial charge in [0.25, 0.3) is 0 Å². The monoisotopic (exact) mass is 330 g/mol. The molecule has 1 aliphatic rings. The van der Waals surface area contributed by atoms with Crippen LogP contribution in [0, 0.1) is 0 Å². The van der Waals surface area contributed by atoms with Gasteiger partial charge in [0.05, 0.1) is 19.8 Å². The number of ether oxygens (including phenoxy) is 2. The van der Waals surface area contributed by atoms with Crippen molar-refractivity contribution in [3.05, 3.63) is 48.0 Å². The van der Waals surface area contributed by atoms with Crippen molar-refractivity contribution in [2.24, 2.45) is 7.05 Å². The average Bonchev–Trinajstić information content (AvgIpc) is 3.05. The molecular weight excluding hydrogens is 308 g/mol. The predicted octanol–water partition coefficient (Wildman–Crippen LogP) is 0.974. The number of rotatable bonds is 6. The molecule has 7 nitrogen and oxygen atoms in total. The largest absolute Gasteiger partial charge is 0.371 e. The van der Waals surface area contributed by atoms with Gasteiger partial charge in [-0.15, -0.1) is 10.2 Å². The molecule has 0 aliphatic carbocycles. The van der Waals surface area contributed by atoms with Gasteiger partial charge in [0.1, 0.15) is 19.0 Å². The maximum atomic E-state index is 12.3. The second-order valence-corrected chi connectivity index (χ2v) is 5.79. The lowest BCUT2D eigenvalue weighted by Crippen LogP contribution is -2.44. The summed E-state index contributed by atoms with van der Waals surface area (Å²) in [6.45, 7) is 2.18. The lowest BCUT2D eigenvalue weighted by molar-refractivity contribution is -0.144. The van der Waals surface area contributed by atoms with E-state index < -0.39 is 0 Å². The number of benzene rings is 1. The highest BCUT2D eigenvalue weighted by Crippen LogP contribution is 2.19. The lowest BCUT2D eigenvalue weighted by atomic mass is 10.2. The fraction of sp³-hybridized carbons (Fsp3) is 0.471. The first-order valence-corrected chi connectivity index (χ1v) is 8.09. The number of hydrogen-bond acceptors (Lipinski definition) is 5. The zero-order valence-electron chi connectivity index (χ0n) is 13.8. The summed E-state index contributed by atoms with van der Waals surface area (Å²) in [6, 6.07) is 10.1. The molecule has 2 aromatic rings. The molecule has 128 valence electrons. The minimum absolute atomic E-state index is 0.0152. The third-order valence-corrected chi connectivity index (χ3v) is 4.06. The third kappa shape index (κ3) is 4.18. The molecule has 0 N–H and O–H groups in total. The number of carbonyl (C=O) groups excluding carboxylic acids is 1. The van der Waals surface area contributed by atoms with Crippen LogP contribution in [0.25, 0.3) is 0 Å². The highest BCUT2D eigenvalue weighted by molar-refractivity contribution is 5.77. The van der Waals surface area contributed by atoms with Crippen molar-refractivity contribution in [1.29, 1.82) is 0 Å². The minimum atomic E-state index is -0.237. The normalized spacial score (nSPS) is 17.9. The highest BCUT2D eigenvalue weighted by Gasteiger charge is 2.28. The van der Waals surface area contributed by atoms with Crippen LogP contribution in [0.5, 0.6) is 0 Å². The van der Waals surface area contributed by atoms with Crippen molar-refractivity contribution >= 4 is 5.91 Å². The van der Waals surface area contributed by atoms with Gasteiger partial charge in [-0.2, -0.15) is 0 Å². The van der Waals surface area contributed by atoms with Crippen LogP contribution in [0.4, 0.5) is 0 Å². The Bertz CT molecular complexity index is 659. The van der Waals surface area contributed by atoms with E-state index in [0.29, 0.717) is 26.3 Å². The van der Waals surface area contributed by atoms with Gasteiger partial charge in [0.15, 0.2) is 5.82 Å². The van der Waals surface area contributed by atoms with Crippen LogP contribution in [0.3, 0.4) is 0 Å². The Hall–Kier alpha value is -2.25. The van der Waals surface area contributed by atoms with Gasteiger partial charge < -0.3 is 18.9 Å². The Kier molecular flexibility index (Phi) is 5.55. The Balaban J connectivity index is 1.44. The zero-order chi connectivity index (χ0) is 16.8. The molecule has 0 bridgehead atoms. The average molecular weight is 330 g/mol. The second kappa shape index (κ2) is 8.03. The zero-order valence-corrected chi connectivity index (χ0v) is 13.8. The summed E-state index contributed by atoms with van der Waals surface area (Å²) in [7, 11) is 1.87. The van der Waals surface area contributed by atoms with E-state index in [9.17, 15) is 4.79 Å². The summed E-state index contributed by atoms with van der Waals surface area (Å²) in [6.07, 6.45) is 2.20. The summed E-state index contributed by atoms with van der Waals surface area (Å²) in [4.78, 5) is 14.1. The van der Waals surface area contributed by atoms with E-state index >= 15 is 0 Å². The fourth-order valence-corrected chi connectivity index (χ4v) is 2.70. The van der Waals surface area contributed by atoms with E-state index in [1.54, 1.807) is 11.2 Å². The third-order valence-electron chi connectivity index (χ3n) is 4.06. The minimum Gasteiger partial charge on any atom is -0.371 e. The molecule has 0 saturated carbocycles. The summed E-state index contributed by atoms with van der Waals surface area (Å²) in [5.41, 5.74) is 1.21. The predicted molar refractivity (Wildman–Crippen MR) is 87.2 cm³/mol. The first-order chi connectivity index (χ1) is 11.7. The molecule has 1 amide bonds. The van der Waals surface area contributed by atoms with Crippen LogP contribution in [0.2, 0.25) is 0 Å². The SMILES string of the molecule is Cn1cnnc1C1CN(C(=O)COCCc2ccccc2)CCO1. The number of hydrogen-bond donors (Lipinski definition) is 0. The maximum Gasteiger partial charge on any atom is 0.248 e. The van der Waals surface area contributed by atoms with E-state index in [1.807, 2.05) is 29.8 Å². The number of morpholine rings is 1. The number of amides is 1. The van der Waals surface area contributed by atoms with Gasteiger partial charge in [-0.3, -0.25) is 4.79 Å². The van der Waals surface area contributed by atoms with Crippen LogP contribution >= 0.6 is 0 Å². The Morgan fingerprint density at radius 3 is 2.96 bits per heavy atom. The molecule has 1 aromatic heterocycles. The standard InChI is InChI=1S/C17H22N4O3/c1-20-13-18-19-17(20)15-11-21(8-10-24-15)16(22)12-23-9-7-14-5-3-2-4-6-14/h2-6,13,15H,7-12H2,1H3. The molecule has 1 saturated heterocycles. The summed E-state index contributed by atoms with van der Waals surface area (Å²) < 4.78 is 13.1. The molecule has 2 heterocycles. The quantitative estimate of drug-likeness (QED) is 0.738. The fourth-order valence-electron chi connectivity index (χ4n) is 2.70. The molecule has 1 fully saturated rings. The van der Waals surface area contributed by atoms with Crippen molar-refractivity contribution in [3.8, 4) is 0 Å². The maximum absolute atomic E-state index is 12.3. The molecule has 1 aromatic carbocycles. The summed E-state index contributed by atoms with van der Waals surface area (Å²) in [5.74, 6) is 0.719. The van der Waals surface area contributed by atoms with Crippen LogP contribution < -0.4 is 0 Å². The van der Waals surface area contributed by atoms with Crippen molar-refractivity contribution in [2.45, 2.75) is 12.5 Å². The molecule has 0 spiro atoms. The summed E-state index contributed by atoms with van der Waals surface area (Å²) in [5, 5.41) is 7.92. The van der Waals surface area contributed by atoms with Gasteiger partial charge in [0.2, 0.25) is 5.91 Å². The number of carbonyl (C=O) groups is 1. The molecule has 24 heavy (non-hydrogen) atoms. The van der Waals surface area contributed by atoms with Gasteiger partial charge >= 0.3 is 0 Å². The van der Waals surface area contributed by atoms with Crippen molar-refractivity contribution < 1.29 is 14.3 Å². The molecular formula is C17H22N4O3. The Morgan fingerprint density at radius 2 is 2.21 bits per heavy atom. The van der Waals surface area contributed by atoms with Crippen molar-refractivity contribution in [3.63, 3.8) is 0 Å². The second-order valence-electron chi connectivity index (χ2n) is 5.79. The molecule has 1 atom stereocenters. The van der Waals surface area contributed by atoms with Crippen LogP contribution in [-0.2, 0) is 27.7 Å². The molecule has 7 heteroatoms. The number of aromatic nitrogens is 3. The first-order valence-electron chi connectivity index (χ1n) is 8.09.